The Morgan fingerprint density at radius 3 is 2.69 bits per heavy atom. The number of piperazine rings is 1. The van der Waals surface area contributed by atoms with Crippen molar-refractivity contribution in [3.8, 4) is 0 Å². The summed E-state index contributed by atoms with van der Waals surface area (Å²) in [5.74, 6) is 0. The Bertz CT molecular complexity index is 170. The third kappa shape index (κ3) is 4.15. The summed E-state index contributed by atoms with van der Waals surface area (Å²) in [5, 5.41) is 3.16. The summed E-state index contributed by atoms with van der Waals surface area (Å²) in [5.41, 5.74) is 0. The minimum absolute atomic E-state index is 0. The molecule has 1 saturated heterocycles. The van der Waals surface area contributed by atoms with Gasteiger partial charge in [-0.3, -0.25) is 0 Å². The molecule has 1 aliphatic heterocycles. The van der Waals surface area contributed by atoms with Gasteiger partial charge in [0.15, 0.2) is 0 Å². The number of hydrogen-bond donors (Lipinski definition) is 1. The van der Waals surface area contributed by atoms with Crippen LogP contribution in [0.15, 0.2) is 12.7 Å². The lowest BCUT2D eigenvalue weighted by Crippen LogP contribution is -2.46. The van der Waals surface area contributed by atoms with Crippen molar-refractivity contribution in [2.75, 3.05) is 32.8 Å². The summed E-state index contributed by atoms with van der Waals surface area (Å²) in [6.45, 7) is 6.93. The zero-order valence-electron chi connectivity index (χ0n) is 7.49. The van der Waals surface area contributed by atoms with E-state index in [1.807, 2.05) is 0 Å². The zero-order chi connectivity index (χ0) is 8.81. The first-order valence-electron chi connectivity index (χ1n) is 4.08. The minimum Gasteiger partial charge on any atom is -0.445 e. The molecular formula is C8H15ClN2O2. The molecule has 76 valence electrons. The molecule has 5 heteroatoms. The molecule has 1 N–H and O–H groups in total. The van der Waals surface area contributed by atoms with Gasteiger partial charge in [-0.15, -0.1) is 12.4 Å². The van der Waals surface area contributed by atoms with Gasteiger partial charge in [-0.2, -0.15) is 0 Å². The van der Waals surface area contributed by atoms with Crippen molar-refractivity contribution in [2.24, 2.45) is 0 Å². The Morgan fingerprint density at radius 2 is 2.15 bits per heavy atom. The lowest BCUT2D eigenvalue weighted by Gasteiger charge is -2.26. The number of halogens is 1. The van der Waals surface area contributed by atoms with E-state index in [1.54, 1.807) is 11.0 Å². The van der Waals surface area contributed by atoms with Crippen LogP contribution in [0.4, 0.5) is 4.79 Å². The van der Waals surface area contributed by atoms with E-state index in [-0.39, 0.29) is 18.5 Å². The lowest BCUT2D eigenvalue weighted by molar-refractivity contribution is 0.107. The fourth-order valence-electron chi connectivity index (χ4n) is 1.07. The Balaban J connectivity index is 0.00000144. The van der Waals surface area contributed by atoms with Crippen LogP contribution in [0, 0.1) is 0 Å². The Kier molecular flexibility index (Phi) is 6.36. The number of carbonyl (C=O) groups excluding carboxylic acids is 1. The first-order valence-corrected chi connectivity index (χ1v) is 4.08. The Morgan fingerprint density at radius 1 is 1.54 bits per heavy atom. The van der Waals surface area contributed by atoms with Crippen LogP contribution in [-0.2, 0) is 4.74 Å². The molecule has 0 bridgehead atoms. The zero-order valence-corrected chi connectivity index (χ0v) is 8.31. The van der Waals surface area contributed by atoms with Crippen LogP contribution < -0.4 is 5.32 Å². The van der Waals surface area contributed by atoms with Crippen LogP contribution in [0.2, 0.25) is 0 Å². The van der Waals surface area contributed by atoms with Gasteiger partial charge >= 0.3 is 6.09 Å². The molecule has 1 heterocycles. The van der Waals surface area contributed by atoms with Gasteiger partial charge < -0.3 is 15.0 Å². The van der Waals surface area contributed by atoms with E-state index in [0.29, 0.717) is 6.61 Å². The number of ether oxygens (including phenoxy) is 1. The summed E-state index contributed by atoms with van der Waals surface area (Å²) in [6, 6.07) is 0. The number of rotatable bonds is 2. The fraction of sp³-hybridized carbons (Fsp3) is 0.625. The second-order valence-corrected chi connectivity index (χ2v) is 2.60. The average Bonchev–Trinajstić information content (AvgIpc) is 2.15. The van der Waals surface area contributed by atoms with E-state index in [1.165, 1.54) is 0 Å². The molecule has 1 rings (SSSR count). The van der Waals surface area contributed by atoms with Gasteiger partial charge in [0.2, 0.25) is 0 Å². The summed E-state index contributed by atoms with van der Waals surface area (Å²) >= 11 is 0. The van der Waals surface area contributed by atoms with Gasteiger partial charge in [0, 0.05) is 26.2 Å². The first-order chi connectivity index (χ1) is 5.84. The van der Waals surface area contributed by atoms with E-state index in [4.69, 9.17) is 4.74 Å². The predicted octanol–water partition coefficient (Wildman–Crippen LogP) is 0.636. The van der Waals surface area contributed by atoms with Gasteiger partial charge in [-0.1, -0.05) is 12.7 Å². The van der Waals surface area contributed by atoms with E-state index in [2.05, 4.69) is 11.9 Å². The molecule has 0 aromatic carbocycles. The number of hydrogen-bond acceptors (Lipinski definition) is 3. The van der Waals surface area contributed by atoms with E-state index < -0.39 is 0 Å². The van der Waals surface area contributed by atoms with Crippen molar-refractivity contribution < 1.29 is 9.53 Å². The molecule has 4 nitrogen and oxygen atoms in total. The summed E-state index contributed by atoms with van der Waals surface area (Å²) in [4.78, 5) is 12.9. The fourth-order valence-corrected chi connectivity index (χ4v) is 1.07. The molecule has 0 radical (unpaired) electrons. The van der Waals surface area contributed by atoms with Crippen molar-refractivity contribution in [3.63, 3.8) is 0 Å². The lowest BCUT2D eigenvalue weighted by atomic mass is 10.4. The van der Waals surface area contributed by atoms with Gasteiger partial charge in [0.25, 0.3) is 0 Å². The van der Waals surface area contributed by atoms with Gasteiger partial charge in [0.1, 0.15) is 6.61 Å². The maximum atomic E-state index is 11.2. The molecule has 1 aliphatic rings. The molecule has 0 spiro atoms. The Hall–Kier alpha value is -0.740. The molecule has 13 heavy (non-hydrogen) atoms. The van der Waals surface area contributed by atoms with Gasteiger partial charge in [0.05, 0.1) is 0 Å². The maximum absolute atomic E-state index is 11.2. The summed E-state index contributed by atoms with van der Waals surface area (Å²) in [6.07, 6.45) is 1.33. The van der Waals surface area contributed by atoms with Crippen LogP contribution in [0.25, 0.3) is 0 Å². The number of nitrogens with zero attached hydrogens (tertiary/aromatic N) is 1. The largest absolute Gasteiger partial charge is 0.445 e. The third-order valence-corrected chi connectivity index (χ3v) is 1.70. The highest BCUT2D eigenvalue weighted by molar-refractivity contribution is 5.85. The van der Waals surface area contributed by atoms with E-state index in [9.17, 15) is 4.79 Å². The maximum Gasteiger partial charge on any atom is 0.410 e. The highest BCUT2D eigenvalue weighted by Gasteiger charge is 2.16. The smallest absolute Gasteiger partial charge is 0.410 e. The van der Waals surface area contributed by atoms with Crippen molar-refractivity contribution in [2.45, 2.75) is 0 Å². The second kappa shape index (κ2) is 6.74. The third-order valence-electron chi connectivity index (χ3n) is 1.70. The highest BCUT2D eigenvalue weighted by atomic mass is 35.5. The Labute approximate surface area is 84.3 Å². The minimum atomic E-state index is -0.239. The standard InChI is InChI=1S/C8H14N2O2.ClH/c1-2-7-12-8(11)10-5-3-9-4-6-10;/h2,9H,1,3-7H2;1H. The molecule has 0 aromatic rings. The first kappa shape index (κ1) is 12.3. The molecule has 0 atom stereocenters. The van der Waals surface area contributed by atoms with Crippen LogP contribution in [-0.4, -0.2) is 43.8 Å². The average molecular weight is 207 g/mol. The number of carbonyl (C=O) groups is 1. The van der Waals surface area contributed by atoms with Crippen molar-refractivity contribution in [1.82, 2.24) is 10.2 Å². The van der Waals surface area contributed by atoms with Crippen LogP contribution in [0.1, 0.15) is 0 Å². The second-order valence-electron chi connectivity index (χ2n) is 2.60. The predicted molar refractivity (Wildman–Crippen MR) is 53.2 cm³/mol. The number of amides is 1. The van der Waals surface area contributed by atoms with Crippen LogP contribution >= 0.6 is 12.4 Å². The van der Waals surface area contributed by atoms with Crippen molar-refractivity contribution >= 4 is 18.5 Å². The molecule has 1 amide bonds. The van der Waals surface area contributed by atoms with Gasteiger partial charge in [-0.25, -0.2) is 4.79 Å². The molecule has 0 unspecified atom stereocenters. The topological polar surface area (TPSA) is 41.6 Å². The molecule has 0 aromatic heterocycles. The van der Waals surface area contributed by atoms with E-state index >= 15 is 0 Å². The van der Waals surface area contributed by atoms with E-state index in [0.717, 1.165) is 26.2 Å². The summed E-state index contributed by atoms with van der Waals surface area (Å²) < 4.78 is 4.87. The normalized spacial score (nSPS) is 15.8. The van der Waals surface area contributed by atoms with Crippen LogP contribution in [0.5, 0.6) is 0 Å². The number of nitrogens with one attached hydrogen (secondary N) is 1. The summed E-state index contributed by atoms with van der Waals surface area (Å²) in [7, 11) is 0. The van der Waals surface area contributed by atoms with Crippen molar-refractivity contribution in [1.29, 1.82) is 0 Å². The quantitative estimate of drug-likeness (QED) is 0.675. The molecule has 0 aliphatic carbocycles. The monoisotopic (exact) mass is 206 g/mol. The van der Waals surface area contributed by atoms with Crippen molar-refractivity contribution in [3.05, 3.63) is 12.7 Å². The molecule has 1 fully saturated rings. The molecule has 0 saturated carbocycles. The van der Waals surface area contributed by atoms with Crippen LogP contribution in [0.3, 0.4) is 0 Å². The highest BCUT2D eigenvalue weighted by Crippen LogP contribution is 1.96. The van der Waals surface area contributed by atoms with Gasteiger partial charge in [-0.05, 0) is 0 Å². The molecular weight excluding hydrogens is 192 g/mol. The SMILES string of the molecule is C=CCOC(=O)N1CCNCC1.Cl.